The highest BCUT2D eigenvalue weighted by molar-refractivity contribution is 7.17. The van der Waals surface area contributed by atoms with Crippen LogP contribution in [0.2, 0.25) is 15.1 Å². The van der Waals surface area contributed by atoms with Gasteiger partial charge in [0.05, 0.1) is 16.1 Å². The highest BCUT2D eigenvalue weighted by Crippen LogP contribution is 2.38. The minimum Gasteiger partial charge on any atom is -0.338 e. The van der Waals surface area contributed by atoms with Crippen molar-refractivity contribution in [1.82, 2.24) is 9.97 Å². The molecule has 2 aromatic heterocycles. The van der Waals surface area contributed by atoms with Crippen LogP contribution in [0.25, 0.3) is 21.3 Å². The molecule has 0 aliphatic heterocycles. The van der Waals surface area contributed by atoms with Crippen molar-refractivity contribution in [1.29, 1.82) is 0 Å². The predicted molar refractivity (Wildman–Crippen MR) is 108 cm³/mol. The van der Waals surface area contributed by atoms with Gasteiger partial charge in [-0.25, -0.2) is 9.97 Å². The van der Waals surface area contributed by atoms with E-state index in [1.807, 2.05) is 30.3 Å². The summed E-state index contributed by atoms with van der Waals surface area (Å²) >= 11 is 19.8. The molecule has 0 spiro atoms. The monoisotopic (exact) mass is 405 g/mol. The van der Waals surface area contributed by atoms with Crippen LogP contribution in [-0.4, -0.2) is 9.97 Å². The molecule has 0 saturated heterocycles. The van der Waals surface area contributed by atoms with Crippen LogP contribution in [-0.2, 0) is 0 Å². The average Bonchev–Trinajstić information content (AvgIpc) is 3.03. The van der Waals surface area contributed by atoms with Crippen LogP contribution < -0.4 is 5.32 Å². The van der Waals surface area contributed by atoms with Gasteiger partial charge in [0.1, 0.15) is 17.0 Å². The molecule has 1 N–H and O–H groups in total. The number of benzene rings is 2. The number of anilines is 2. The summed E-state index contributed by atoms with van der Waals surface area (Å²) in [7, 11) is 0. The Labute approximate surface area is 163 Å². The zero-order valence-corrected chi connectivity index (χ0v) is 15.7. The van der Waals surface area contributed by atoms with Gasteiger partial charge in [0.2, 0.25) is 0 Å². The second-order valence-electron chi connectivity index (χ2n) is 5.31. The molecule has 0 atom stereocenters. The molecule has 2 aromatic carbocycles. The largest absolute Gasteiger partial charge is 0.338 e. The number of hydrogen-bond donors (Lipinski definition) is 1. The average molecular weight is 407 g/mol. The standard InChI is InChI=1S/C18H10Cl3N3S/c19-11-3-1-10(2-4-11)13-8-25-18-16(13)17(22-9-23-18)24-15-6-5-12(20)7-14(15)21/h1-9H,(H,22,23,24). The van der Waals surface area contributed by atoms with Gasteiger partial charge in [0, 0.05) is 21.0 Å². The van der Waals surface area contributed by atoms with E-state index in [1.54, 1.807) is 23.5 Å². The van der Waals surface area contributed by atoms with E-state index < -0.39 is 0 Å². The molecule has 0 unspecified atom stereocenters. The lowest BCUT2D eigenvalue weighted by Gasteiger charge is -2.10. The molecule has 0 aliphatic carbocycles. The molecule has 0 saturated carbocycles. The lowest BCUT2D eigenvalue weighted by Crippen LogP contribution is -1.96. The van der Waals surface area contributed by atoms with Crippen LogP contribution in [0.5, 0.6) is 0 Å². The normalized spacial score (nSPS) is 11.0. The zero-order valence-electron chi connectivity index (χ0n) is 12.6. The van der Waals surface area contributed by atoms with Gasteiger partial charge in [-0.2, -0.15) is 0 Å². The van der Waals surface area contributed by atoms with Crippen LogP contribution >= 0.6 is 46.1 Å². The van der Waals surface area contributed by atoms with Gasteiger partial charge in [-0.3, -0.25) is 0 Å². The summed E-state index contributed by atoms with van der Waals surface area (Å²) in [6.07, 6.45) is 1.54. The maximum atomic E-state index is 6.28. The molecule has 3 nitrogen and oxygen atoms in total. The smallest absolute Gasteiger partial charge is 0.143 e. The van der Waals surface area contributed by atoms with E-state index in [0.717, 1.165) is 27.0 Å². The first-order chi connectivity index (χ1) is 12.1. The van der Waals surface area contributed by atoms with Crippen molar-refractivity contribution in [3.05, 3.63) is 69.2 Å². The predicted octanol–water partition coefficient (Wildman–Crippen LogP) is 7.06. The number of halogens is 3. The molecule has 7 heteroatoms. The van der Waals surface area contributed by atoms with Gasteiger partial charge >= 0.3 is 0 Å². The lowest BCUT2D eigenvalue weighted by molar-refractivity contribution is 1.23. The second-order valence-corrected chi connectivity index (χ2v) is 7.45. The summed E-state index contributed by atoms with van der Waals surface area (Å²) in [5, 5.41) is 8.11. The summed E-state index contributed by atoms with van der Waals surface area (Å²) in [5.74, 6) is 0.695. The Hall–Kier alpha value is -1.85. The summed E-state index contributed by atoms with van der Waals surface area (Å²) in [6.45, 7) is 0. The third-order valence-corrected chi connectivity index (χ3v) is 5.40. The summed E-state index contributed by atoms with van der Waals surface area (Å²) in [5.41, 5.74) is 2.83. The van der Waals surface area contributed by atoms with E-state index >= 15 is 0 Å². The number of aromatic nitrogens is 2. The second kappa shape index (κ2) is 6.81. The van der Waals surface area contributed by atoms with Crippen LogP contribution in [0.1, 0.15) is 0 Å². The van der Waals surface area contributed by atoms with Crippen LogP contribution in [0.4, 0.5) is 11.5 Å². The number of nitrogens with zero attached hydrogens (tertiary/aromatic N) is 2. The van der Waals surface area contributed by atoms with Crippen molar-refractivity contribution < 1.29 is 0 Å². The number of fused-ring (bicyclic) bond motifs is 1. The van der Waals surface area contributed by atoms with Gasteiger partial charge in [0.25, 0.3) is 0 Å². The molecular formula is C18H10Cl3N3S. The SMILES string of the molecule is Clc1ccc(-c2csc3ncnc(Nc4ccc(Cl)cc4Cl)c23)cc1. The Morgan fingerprint density at radius 1 is 0.880 bits per heavy atom. The molecule has 0 bridgehead atoms. The maximum Gasteiger partial charge on any atom is 0.143 e. The third kappa shape index (κ3) is 3.31. The molecule has 25 heavy (non-hydrogen) atoms. The number of hydrogen-bond acceptors (Lipinski definition) is 4. The third-order valence-electron chi connectivity index (χ3n) is 3.71. The van der Waals surface area contributed by atoms with E-state index in [4.69, 9.17) is 34.8 Å². The highest BCUT2D eigenvalue weighted by atomic mass is 35.5. The lowest BCUT2D eigenvalue weighted by atomic mass is 10.1. The van der Waals surface area contributed by atoms with Crippen molar-refractivity contribution >= 4 is 67.9 Å². The van der Waals surface area contributed by atoms with Crippen LogP contribution in [0.3, 0.4) is 0 Å². The first-order valence-electron chi connectivity index (χ1n) is 7.32. The van der Waals surface area contributed by atoms with Gasteiger partial charge < -0.3 is 5.32 Å². The fourth-order valence-electron chi connectivity index (χ4n) is 2.53. The Bertz CT molecular complexity index is 1060. The Morgan fingerprint density at radius 3 is 2.40 bits per heavy atom. The first kappa shape index (κ1) is 16.6. The number of thiophene rings is 1. The van der Waals surface area contributed by atoms with Crippen molar-refractivity contribution in [3.63, 3.8) is 0 Å². The number of nitrogens with one attached hydrogen (secondary N) is 1. The Balaban J connectivity index is 1.84. The van der Waals surface area contributed by atoms with Crippen molar-refractivity contribution in [3.8, 4) is 11.1 Å². The molecule has 0 amide bonds. The molecule has 0 radical (unpaired) electrons. The van der Waals surface area contributed by atoms with E-state index in [2.05, 4.69) is 20.7 Å². The van der Waals surface area contributed by atoms with Crippen molar-refractivity contribution in [2.24, 2.45) is 0 Å². The Kier molecular flexibility index (Phi) is 4.52. The Morgan fingerprint density at radius 2 is 1.64 bits per heavy atom. The molecular weight excluding hydrogens is 397 g/mol. The van der Waals surface area contributed by atoms with Gasteiger partial charge in [0.15, 0.2) is 0 Å². The van der Waals surface area contributed by atoms with Gasteiger partial charge in [-0.15, -0.1) is 11.3 Å². The van der Waals surface area contributed by atoms with Crippen LogP contribution in [0, 0.1) is 0 Å². The molecule has 0 fully saturated rings. The summed E-state index contributed by atoms with van der Waals surface area (Å²) in [6, 6.07) is 13.0. The van der Waals surface area contributed by atoms with E-state index in [1.165, 1.54) is 6.33 Å². The highest BCUT2D eigenvalue weighted by Gasteiger charge is 2.14. The fourth-order valence-corrected chi connectivity index (χ4v) is 4.03. The topological polar surface area (TPSA) is 37.8 Å². The summed E-state index contributed by atoms with van der Waals surface area (Å²) in [4.78, 5) is 9.68. The van der Waals surface area contributed by atoms with E-state index in [-0.39, 0.29) is 0 Å². The minimum atomic E-state index is 0.530. The van der Waals surface area contributed by atoms with Gasteiger partial charge in [-0.05, 0) is 35.9 Å². The fraction of sp³-hybridized carbons (Fsp3) is 0. The molecule has 0 aliphatic rings. The first-order valence-corrected chi connectivity index (χ1v) is 9.33. The van der Waals surface area contributed by atoms with E-state index in [0.29, 0.717) is 20.9 Å². The summed E-state index contributed by atoms with van der Waals surface area (Å²) < 4.78 is 0. The van der Waals surface area contributed by atoms with Gasteiger partial charge in [-0.1, -0.05) is 46.9 Å². The molecule has 124 valence electrons. The maximum absolute atomic E-state index is 6.28. The zero-order chi connectivity index (χ0) is 17.4. The van der Waals surface area contributed by atoms with Crippen molar-refractivity contribution in [2.45, 2.75) is 0 Å². The molecule has 4 rings (SSSR count). The molecule has 2 heterocycles. The van der Waals surface area contributed by atoms with Crippen LogP contribution in [0.15, 0.2) is 54.2 Å². The van der Waals surface area contributed by atoms with Crippen molar-refractivity contribution in [2.75, 3.05) is 5.32 Å². The quantitative estimate of drug-likeness (QED) is 0.395. The number of rotatable bonds is 3. The minimum absolute atomic E-state index is 0.530. The molecule has 4 aromatic rings. The van der Waals surface area contributed by atoms with E-state index in [9.17, 15) is 0 Å².